The molecule has 0 N–H and O–H groups in total. The van der Waals surface area contributed by atoms with Crippen LogP contribution in [0.4, 0.5) is 0 Å². The maximum atomic E-state index is 5.29. The first-order valence-electron chi connectivity index (χ1n) is 22.2. The second-order valence-electron chi connectivity index (χ2n) is 17.4. The lowest BCUT2D eigenvalue weighted by atomic mass is 9.82. The van der Waals surface area contributed by atoms with E-state index in [-0.39, 0.29) is 5.41 Å². The van der Waals surface area contributed by atoms with Crippen molar-refractivity contribution in [3.8, 4) is 78.7 Å². The number of allylic oxidation sites excluding steroid dienone is 4. The summed E-state index contributed by atoms with van der Waals surface area (Å²) >= 11 is 1.84. The highest BCUT2D eigenvalue weighted by Gasteiger charge is 2.36. The van der Waals surface area contributed by atoms with Gasteiger partial charge in [-0.2, -0.15) is 0 Å². The predicted octanol–water partition coefficient (Wildman–Crippen LogP) is 16.3. The highest BCUT2D eigenvalue weighted by atomic mass is 32.1. The lowest BCUT2D eigenvalue weighted by Crippen LogP contribution is -2.14. The number of benzene rings is 8. The van der Waals surface area contributed by atoms with Crippen LogP contribution in [0.1, 0.15) is 43.4 Å². The van der Waals surface area contributed by atoms with E-state index in [0.717, 1.165) is 40.7 Å². The summed E-state index contributed by atoms with van der Waals surface area (Å²) < 4.78 is 2.52. The number of hydrogen-bond acceptors (Lipinski definition) is 4. The molecule has 0 bridgehead atoms. The summed E-state index contributed by atoms with van der Waals surface area (Å²) in [6.45, 7) is 4.66. The van der Waals surface area contributed by atoms with Crippen molar-refractivity contribution >= 4 is 37.1 Å². The first-order chi connectivity index (χ1) is 31.5. The van der Waals surface area contributed by atoms with Crippen molar-refractivity contribution in [2.75, 3.05) is 0 Å². The quantitative estimate of drug-likeness (QED) is 0.160. The Bertz CT molecular complexity index is 3500. The van der Waals surface area contributed by atoms with Crippen LogP contribution in [-0.2, 0) is 5.41 Å². The molecule has 2 aliphatic rings. The van der Waals surface area contributed by atoms with Crippen LogP contribution in [0.2, 0.25) is 0 Å². The number of nitrogens with zero attached hydrogens (tertiary/aromatic N) is 3. The van der Waals surface area contributed by atoms with E-state index in [1.54, 1.807) is 0 Å². The first kappa shape index (κ1) is 38.2. The Kier molecular flexibility index (Phi) is 9.17. The van der Waals surface area contributed by atoms with Gasteiger partial charge in [0.25, 0.3) is 0 Å². The first-order valence-corrected chi connectivity index (χ1v) is 23.0. The fourth-order valence-electron chi connectivity index (χ4n) is 9.96. The Balaban J connectivity index is 0.960. The van der Waals surface area contributed by atoms with Gasteiger partial charge < -0.3 is 0 Å². The number of thiophene rings is 1. The number of rotatable bonds is 7. The third-order valence-electron chi connectivity index (χ3n) is 13.2. The van der Waals surface area contributed by atoms with Crippen molar-refractivity contribution in [3.05, 3.63) is 217 Å². The average Bonchev–Trinajstić information content (AvgIpc) is 3.86. The maximum Gasteiger partial charge on any atom is 0.164 e. The van der Waals surface area contributed by atoms with Gasteiger partial charge in [-0.25, -0.2) is 15.0 Å². The zero-order valence-corrected chi connectivity index (χ0v) is 36.5. The molecule has 0 radical (unpaired) electrons. The summed E-state index contributed by atoms with van der Waals surface area (Å²) in [5, 5.41) is 2.50. The Hall–Kier alpha value is -7.53. The van der Waals surface area contributed by atoms with Crippen LogP contribution in [0.15, 0.2) is 200 Å². The molecule has 0 amide bonds. The third kappa shape index (κ3) is 6.44. The maximum absolute atomic E-state index is 5.29. The van der Waals surface area contributed by atoms with E-state index in [9.17, 15) is 0 Å². The van der Waals surface area contributed by atoms with Crippen molar-refractivity contribution in [2.45, 2.75) is 32.1 Å². The SMILES string of the molecule is CC1(C)c2ccccc2-c2c(-c3ccc(-c4nc(-c5ccccc5)nc(-c5ccccc5-c5cccc6sc7ccc(-c8ccc(C9=CCCC=C9)cc8)cc7c56)n4)cc3)cccc21. The summed E-state index contributed by atoms with van der Waals surface area (Å²) in [5.74, 6) is 1.92. The van der Waals surface area contributed by atoms with E-state index >= 15 is 0 Å². The van der Waals surface area contributed by atoms with Crippen LogP contribution in [0.5, 0.6) is 0 Å². The summed E-state index contributed by atoms with van der Waals surface area (Å²) in [5.41, 5.74) is 17.8. The van der Waals surface area contributed by atoms with Gasteiger partial charge in [0.1, 0.15) is 0 Å². The Morgan fingerprint density at radius 2 is 1.02 bits per heavy atom. The molecule has 64 heavy (non-hydrogen) atoms. The second kappa shape index (κ2) is 15.4. The largest absolute Gasteiger partial charge is 0.208 e. The molecule has 0 unspecified atom stereocenters. The van der Waals surface area contributed by atoms with Gasteiger partial charge in [-0.3, -0.25) is 0 Å². The topological polar surface area (TPSA) is 38.7 Å². The molecule has 4 heteroatoms. The number of fused-ring (bicyclic) bond motifs is 6. The molecule has 3 nitrogen and oxygen atoms in total. The fourth-order valence-corrected chi connectivity index (χ4v) is 11.1. The smallest absolute Gasteiger partial charge is 0.164 e. The molecule has 0 atom stereocenters. The van der Waals surface area contributed by atoms with Crippen molar-refractivity contribution in [1.29, 1.82) is 0 Å². The summed E-state index contributed by atoms with van der Waals surface area (Å²) in [6.07, 6.45) is 9.07. The van der Waals surface area contributed by atoms with E-state index in [1.807, 2.05) is 29.5 Å². The van der Waals surface area contributed by atoms with Gasteiger partial charge in [-0.15, -0.1) is 11.3 Å². The zero-order chi connectivity index (χ0) is 42.8. The van der Waals surface area contributed by atoms with Crippen molar-refractivity contribution in [2.24, 2.45) is 0 Å². The molecule has 0 spiro atoms. The molecule has 12 rings (SSSR count). The lowest BCUT2D eigenvalue weighted by molar-refractivity contribution is 0.660. The minimum absolute atomic E-state index is 0.0598. The van der Waals surface area contributed by atoms with Gasteiger partial charge >= 0.3 is 0 Å². The molecule has 10 aromatic rings. The fraction of sp³-hybridized carbons (Fsp3) is 0.0833. The van der Waals surface area contributed by atoms with E-state index in [4.69, 9.17) is 15.0 Å². The Labute approximate surface area is 377 Å². The van der Waals surface area contributed by atoms with Gasteiger partial charge in [0.15, 0.2) is 17.5 Å². The van der Waals surface area contributed by atoms with Gasteiger partial charge in [0.05, 0.1) is 0 Å². The van der Waals surface area contributed by atoms with Crippen molar-refractivity contribution in [3.63, 3.8) is 0 Å². The summed E-state index contributed by atoms with van der Waals surface area (Å²) in [7, 11) is 0. The number of hydrogen-bond donors (Lipinski definition) is 0. The Morgan fingerprint density at radius 1 is 0.422 bits per heavy atom. The molecule has 304 valence electrons. The summed E-state index contributed by atoms with van der Waals surface area (Å²) in [4.78, 5) is 15.7. The molecule has 0 aliphatic heterocycles. The monoisotopic (exact) mass is 837 g/mol. The van der Waals surface area contributed by atoms with Crippen LogP contribution in [0.25, 0.3) is 104 Å². The number of aromatic nitrogens is 3. The third-order valence-corrected chi connectivity index (χ3v) is 14.4. The second-order valence-corrected chi connectivity index (χ2v) is 18.5. The van der Waals surface area contributed by atoms with Gasteiger partial charge in [-0.05, 0) is 97.8 Å². The minimum Gasteiger partial charge on any atom is -0.208 e. The van der Waals surface area contributed by atoms with Crippen LogP contribution >= 0.6 is 11.3 Å². The van der Waals surface area contributed by atoms with Crippen molar-refractivity contribution < 1.29 is 0 Å². The van der Waals surface area contributed by atoms with Gasteiger partial charge in [0.2, 0.25) is 0 Å². The molecule has 2 aromatic heterocycles. The van der Waals surface area contributed by atoms with E-state index in [0.29, 0.717) is 17.5 Å². The van der Waals surface area contributed by atoms with Crippen molar-refractivity contribution in [1.82, 2.24) is 15.0 Å². The molecular weight excluding hydrogens is 795 g/mol. The van der Waals surface area contributed by atoms with E-state index in [2.05, 4.69) is 196 Å². The molecule has 0 fully saturated rings. The van der Waals surface area contributed by atoms with E-state index < -0.39 is 0 Å². The minimum atomic E-state index is -0.0598. The molecule has 0 saturated heterocycles. The van der Waals surface area contributed by atoms with Gasteiger partial charge in [0, 0.05) is 42.3 Å². The molecule has 8 aromatic carbocycles. The molecular formula is C60H43N3S. The standard InChI is InChI=1S/C60H43N3S/c1-60(2)51-24-12-11-21-49(51)55-45(22-13-25-52(55)60)41-31-33-43(34-32-41)58-61-57(42-17-7-4-8-18-42)62-59(63-58)48-20-10-9-19-46(48)47-23-14-26-54-56(47)50-37-44(35-36-53(50)64-54)40-29-27-39(28-30-40)38-15-5-3-6-16-38/h4-5,7-37H,3,6H2,1-2H3. The predicted molar refractivity (Wildman–Crippen MR) is 269 cm³/mol. The molecule has 2 heterocycles. The molecule has 0 saturated carbocycles. The summed E-state index contributed by atoms with van der Waals surface area (Å²) in [6, 6.07) is 65.8. The zero-order valence-electron chi connectivity index (χ0n) is 35.7. The highest BCUT2D eigenvalue weighted by Crippen LogP contribution is 2.52. The van der Waals surface area contributed by atoms with Crippen LogP contribution < -0.4 is 0 Å². The average molecular weight is 838 g/mol. The van der Waals surface area contributed by atoms with Gasteiger partial charge in [-0.1, -0.05) is 196 Å². The highest BCUT2D eigenvalue weighted by molar-refractivity contribution is 7.26. The molecule has 2 aliphatic carbocycles. The van der Waals surface area contributed by atoms with Crippen LogP contribution in [-0.4, -0.2) is 15.0 Å². The normalized spacial score (nSPS) is 13.8. The van der Waals surface area contributed by atoms with Crippen LogP contribution in [0, 0.1) is 0 Å². The Morgan fingerprint density at radius 3 is 1.80 bits per heavy atom. The van der Waals surface area contributed by atoms with Crippen LogP contribution in [0.3, 0.4) is 0 Å². The lowest BCUT2D eigenvalue weighted by Gasteiger charge is -2.21. The van der Waals surface area contributed by atoms with E-state index in [1.165, 1.54) is 75.8 Å².